The van der Waals surface area contributed by atoms with E-state index in [1.807, 2.05) is 19.1 Å². The Bertz CT molecular complexity index is 1120. The second kappa shape index (κ2) is 6.42. The van der Waals surface area contributed by atoms with E-state index in [4.69, 9.17) is 9.47 Å². The molecule has 27 heavy (non-hydrogen) atoms. The SMILES string of the molecule is COc1cc2c(cc1OC)-c1c(cnn1S(=O)(=O)c1ccc(C)cc1)CC2. The summed E-state index contributed by atoms with van der Waals surface area (Å²) in [6, 6.07) is 10.5. The van der Waals surface area contributed by atoms with E-state index in [2.05, 4.69) is 5.10 Å². The van der Waals surface area contributed by atoms with Gasteiger partial charge in [0.25, 0.3) is 10.0 Å². The second-order valence-electron chi connectivity index (χ2n) is 6.54. The maximum atomic E-state index is 13.2. The van der Waals surface area contributed by atoms with E-state index in [9.17, 15) is 8.42 Å². The van der Waals surface area contributed by atoms with Crippen molar-refractivity contribution in [1.82, 2.24) is 9.19 Å². The average molecular weight is 384 g/mol. The van der Waals surface area contributed by atoms with Crippen LogP contribution >= 0.6 is 0 Å². The smallest absolute Gasteiger partial charge is 0.283 e. The summed E-state index contributed by atoms with van der Waals surface area (Å²) in [5, 5.41) is 4.22. The molecule has 3 aromatic rings. The van der Waals surface area contributed by atoms with Crippen molar-refractivity contribution in [3.63, 3.8) is 0 Å². The number of aryl methyl sites for hydroxylation is 3. The fourth-order valence-corrected chi connectivity index (χ4v) is 4.74. The van der Waals surface area contributed by atoms with E-state index in [0.29, 0.717) is 17.2 Å². The highest BCUT2D eigenvalue weighted by atomic mass is 32.2. The Morgan fingerprint density at radius 1 is 0.963 bits per heavy atom. The minimum Gasteiger partial charge on any atom is -0.493 e. The van der Waals surface area contributed by atoms with Crippen molar-refractivity contribution < 1.29 is 17.9 Å². The molecule has 0 radical (unpaired) electrons. The zero-order valence-electron chi connectivity index (χ0n) is 15.4. The molecule has 0 N–H and O–H groups in total. The van der Waals surface area contributed by atoms with E-state index in [0.717, 1.165) is 39.2 Å². The molecule has 1 aromatic heterocycles. The van der Waals surface area contributed by atoms with Gasteiger partial charge in [0.1, 0.15) is 0 Å². The molecule has 0 aliphatic heterocycles. The number of methoxy groups -OCH3 is 2. The topological polar surface area (TPSA) is 70.4 Å². The van der Waals surface area contributed by atoms with Gasteiger partial charge in [0, 0.05) is 5.56 Å². The van der Waals surface area contributed by atoms with Crippen LogP contribution in [0.15, 0.2) is 47.5 Å². The third kappa shape index (κ3) is 2.78. The van der Waals surface area contributed by atoms with Crippen molar-refractivity contribution in [2.24, 2.45) is 0 Å². The van der Waals surface area contributed by atoms with Crippen LogP contribution in [0.25, 0.3) is 11.3 Å². The van der Waals surface area contributed by atoms with Gasteiger partial charge in [-0.1, -0.05) is 17.7 Å². The van der Waals surface area contributed by atoms with Gasteiger partial charge in [0.2, 0.25) is 0 Å². The Hall–Kier alpha value is -2.80. The molecule has 4 rings (SSSR count). The predicted molar refractivity (Wildman–Crippen MR) is 102 cm³/mol. The van der Waals surface area contributed by atoms with E-state index >= 15 is 0 Å². The molecule has 0 saturated heterocycles. The lowest BCUT2D eigenvalue weighted by molar-refractivity contribution is 0.354. The number of nitrogens with zero attached hydrogens (tertiary/aromatic N) is 2. The first kappa shape index (κ1) is 17.6. The zero-order chi connectivity index (χ0) is 19.2. The predicted octanol–water partition coefficient (Wildman–Crippen LogP) is 3.21. The molecule has 1 aliphatic rings. The molecule has 140 valence electrons. The number of hydrogen-bond donors (Lipinski definition) is 0. The Balaban J connectivity index is 1.92. The number of rotatable bonds is 4. The molecule has 0 spiro atoms. The van der Waals surface area contributed by atoms with Crippen LogP contribution in [0.5, 0.6) is 11.5 Å². The van der Waals surface area contributed by atoms with Gasteiger partial charge in [0.15, 0.2) is 11.5 Å². The molecule has 0 atom stereocenters. The molecule has 0 amide bonds. The maximum Gasteiger partial charge on any atom is 0.283 e. The summed E-state index contributed by atoms with van der Waals surface area (Å²) in [6.07, 6.45) is 3.15. The Kier molecular flexibility index (Phi) is 4.19. The van der Waals surface area contributed by atoms with Gasteiger partial charge in [-0.15, -0.1) is 0 Å². The van der Waals surface area contributed by atoms with Crippen LogP contribution < -0.4 is 9.47 Å². The summed E-state index contributed by atoms with van der Waals surface area (Å²) in [6.45, 7) is 1.92. The third-order valence-corrected chi connectivity index (χ3v) is 6.49. The molecule has 0 unspecified atom stereocenters. The molecule has 0 fully saturated rings. The van der Waals surface area contributed by atoms with Gasteiger partial charge >= 0.3 is 0 Å². The summed E-state index contributed by atoms with van der Waals surface area (Å²) in [4.78, 5) is 0.214. The summed E-state index contributed by atoms with van der Waals surface area (Å²) in [5.74, 6) is 1.19. The normalized spacial score (nSPS) is 13.0. The molecule has 6 nitrogen and oxygen atoms in total. The van der Waals surface area contributed by atoms with E-state index in [-0.39, 0.29) is 4.90 Å². The van der Waals surface area contributed by atoms with Crippen LogP contribution in [0.2, 0.25) is 0 Å². The zero-order valence-corrected chi connectivity index (χ0v) is 16.2. The van der Waals surface area contributed by atoms with Crippen LogP contribution in [-0.4, -0.2) is 31.8 Å². The van der Waals surface area contributed by atoms with E-state index < -0.39 is 10.0 Å². The van der Waals surface area contributed by atoms with Gasteiger partial charge in [-0.25, -0.2) is 0 Å². The molecule has 2 aromatic carbocycles. The van der Waals surface area contributed by atoms with Crippen molar-refractivity contribution in [1.29, 1.82) is 0 Å². The van der Waals surface area contributed by atoms with Crippen molar-refractivity contribution in [3.8, 4) is 22.8 Å². The molecule has 7 heteroatoms. The van der Waals surface area contributed by atoms with Crippen molar-refractivity contribution in [3.05, 3.63) is 59.3 Å². The maximum absolute atomic E-state index is 13.2. The lowest BCUT2D eigenvalue weighted by Gasteiger charge is -2.20. The average Bonchev–Trinajstić information content (AvgIpc) is 3.12. The Labute approximate surface area is 158 Å². The molecule has 1 aliphatic carbocycles. The van der Waals surface area contributed by atoms with Crippen molar-refractivity contribution in [2.75, 3.05) is 14.2 Å². The lowest BCUT2D eigenvalue weighted by Crippen LogP contribution is -2.18. The van der Waals surface area contributed by atoms with Crippen LogP contribution in [0.3, 0.4) is 0 Å². The quantitative estimate of drug-likeness (QED) is 0.691. The molecule has 0 saturated carbocycles. The Morgan fingerprint density at radius 3 is 2.26 bits per heavy atom. The van der Waals surface area contributed by atoms with Crippen molar-refractivity contribution in [2.45, 2.75) is 24.7 Å². The van der Waals surface area contributed by atoms with Gasteiger partial charge < -0.3 is 9.47 Å². The number of benzene rings is 2. The standard InChI is InChI=1S/C20H20N2O4S/c1-13-4-8-16(9-5-13)27(23,24)22-20-15(12-21-22)7-6-14-10-18(25-2)19(26-3)11-17(14)20/h4-5,8-12H,6-7H2,1-3H3. The summed E-state index contributed by atoms with van der Waals surface area (Å²) < 4.78 is 38.4. The van der Waals surface area contributed by atoms with Crippen LogP contribution in [0.1, 0.15) is 16.7 Å². The van der Waals surface area contributed by atoms with Gasteiger partial charge in [-0.3, -0.25) is 0 Å². The summed E-state index contributed by atoms with van der Waals surface area (Å²) >= 11 is 0. The highest BCUT2D eigenvalue weighted by Crippen LogP contribution is 2.41. The number of ether oxygens (including phenoxy) is 2. The van der Waals surface area contributed by atoms with Gasteiger partial charge in [-0.2, -0.15) is 17.6 Å². The van der Waals surface area contributed by atoms with Gasteiger partial charge in [-0.05, 0) is 55.2 Å². The third-order valence-electron chi connectivity index (χ3n) is 4.89. The van der Waals surface area contributed by atoms with Gasteiger partial charge in [0.05, 0.1) is 31.0 Å². The van der Waals surface area contributed by atoms with E-state index in [1.54, 1.807) is 44.7 Å². The monoisotopic (exact) mass is 384 g/mol. The highest BCUT2D eigenvalue weighted by molar-refractivity contribution is 7.90. The lowest BCUT2D eigenvalue weighted by atomic mass is 9.90. The molecular formula is C20H20N2O4S. The molecule has 1 heterocycles. The molecular weight excluding hydrogens is 364 g/mol. The first-order chi connectivity index (χ1) is 13.0. The van der Waals surface area contributed by atoms with Crippen LogP contribution in [0.4, 0.5) is 0 Å². The first-order valence-corrected chi connectivity index (χ1v) is 10.0. The van der Waals surface area contributed by atoms with Crippen LogP contribution in [0, 0.1) is 6.92 Å². The fourth-order valence-electron chi connectivity index (χ4n) is 3.43. The number of fused-ring (bicyclic) bond motifs is 3. The first-order valence-electron chi connectivity index (χ1n) is 8.60. The fraction of sp³-hybridized carbons (Fsp3) is 0.250. The molecule has 0 bridgehead atoms. The summed E-state index contributed by atoms with van der Waals surface area (Å²) in [7, 11) is -0.647. The number of aromatic nitrogens is 2. The largest absolute Gasteiger partial charge is 0.493 e. The minimum absolute atomic E-state index is 0.214. The summed E-state index contributed by atoms with van der Waals surface area (Å²) in [5.41, 5.74) is 4.32. The highest BCUT2D eigenvalue weighted by Gasteiger charge is 2.29. The van der Waals surface area contributed by atoms with E-state index in [1.165, 1.54) is 0 Å². The van der Waals surface area contributed by atoms with Crippen LogP contribution in [-0.2, 0) is 22.9 Å². The second-order valence-corrected chi connectivity index (χ2v) is 8.31. The Morgan fingerprint density at radius 2 is 1.59 bits per heavy atom. The van der Waals surface area contributed by atoms with Crippen molar-refractivity contribution >= 4 is 10.0 Å². The number of hydrogen-bond acceptors (Lipinski definition) is 5. The minimum atomic E-state index is -3.80.